The summed E-state index contributed by atoms with van der Waals surface area (Å²) in [5, 5.41) is 12.8. The maximum atomic E-state index is 11.3. The Bertz CT molecular complexity index is 699. The quantitative estimate of drug-likeness (QED) is 0.807. The standard InChI is InChI=1S/C14H14ClN3O3/c1-21-10-3-2-7(15)6-8(10)13-17-9-4-5-16-12(14(19)20)11(9)18-13/h2-3,6,12,16H,4-5H2,1H3,(H,17,18)(H,19,20). The Kier molecular flexibility index (Phi) is 3.57. The first kappa shape index (κ1) is 13.9. The van der Waals surface area contributed by atoms with Gasteiger partial charge < -0.3 is 14.8 Å². The van der Waals surface area contributed by atoms with Crippen LogP contribution in [-0.2, 0) is 11.2 Å². The third kappa shape index (κ3) is 2.48. The third-order valence-electron chi connectivity index (χ3n) is 3.47. The van der Waals surface area contributed by atoms with Crippen LogP contribution in [-0.4, -0.2) is 34.7 Å². The number of aliphatic carboxylic acids is 1. The van der Waals surface area contributed by atoms with Crippen LogP contribution < -0.4 is 10.1 Å². The Morgan fingerprint density at radius 3 is 3.05 bits per heavy atom. The molecular formula is C14H14ClN3O3. The number of aromatic nitrogens is 2. The van der Waals surface area contributed by atoms with Gasteiger partial charge in [0.05, 0.1) is 18.4 Å². The van der Waals surface area contributed by atoms with Crippen LogP contribution in [0.4, 0.5) is 0 Å². The molecule has 1 aromatic heterocycles. The predicted octanol–water partition coefficient (Wildman–Crippen LogP) is 2.01. The molecule has 2 aromatic rings. The average Bonchev–Trinajstić information content (AvgIpc) is 2.90. The van der Waals surface area contributed by atoms with Gasteiger partial charge in [-0.1, -0.05) is 11.6 Å². The normalized spacial score (nSPS) is 17.3. The molecule has 1 unspecified atom stereocenters. The monoisotopic (exact) mass is 307 g/mol. The van der Waals surface area contributed by atoms with Crippen LogP contribution in [0, 0.1) is 0 Å². The summed E-state index contributed by atoms with van der Waals surface area (Å²) in [5.41, 5.74) is 2.06. The average molecular weight is 308 g/mol. The lowest BCUT2D eigenvalue weighted by molar-refractivity contribution is -0.139. The fourth-order valence-electron chi connectivity index (χ4n) is 2.49. The lowest BCUT2D eigenvalue weighted by Crippen LogP contribution is -2.35. The van der Waals surface area contributed by atoms with Gasteiger partial charge in [-0.05, 0) is 18.2 Å². The van der Waals surface area contributed by atoms with Crippen molar-refractivity contribution < 1.29 is 14.6 Å². The van der Waals surface area contributed by atoms with Gasteiger partial charge in [0.25, 0.3) is 0 Å². The van der Waals surface area contributed by atoms with Crippen LogP contribution in [0.3, 0.4) is 0 Å². The van der Waals surface area contributed by atoms with Gasteiger partial charge in [-0.3, -0.25) is 10.1 Å². The second-order valence-corrected chi connectivity index (χ2v) is 5.21. The first-order valence-electron chi connectivity index (χ1n) is 6.49. The van der Waals surface area contributed by atoms with Crippen LogP contribution in [0.25, 0.3) is 11.4 Å². The summed E-state index contributed by atoms with van der Waals surface area (Å²) in [6, 6.07) is 4.44. The zero-order valence-corrected chi connectivity index (χ0v) is 12.1. The van der Waals surface area contributed by atoms with E-state index in [-0.39, 0.29) is 0 Å². The van der Waals surface area contributed by atoms with Gasteiger partial charge in [-0.2, -0.15) is 0 Å². The molecule has 1 atom stereocenters. The smallest absolute Gasteiger partial charge is 0.327 e. The first-order chi connectivity index (χ1) is 10.1. The molecule has 0 saturated heterocycles. The van der Waals surface area contributed by atoms with Crippen molar-refractivity contribution in [1.82, 2.24) is 15.3 Å². The minimum Gasteiger partial charge on any atom is -0.496 e. The molecule has 3 rings (SSSR count). The number of benzene rings is 1. The molecule has 1 aliphatic heterocycles. The van der Waals surface area contributed by atoms with Crippen LogP contribution in [0.1, 0.15) is 17.4 Å². The molecule has 0 bridgehead atoms. The minimum atomic E-state index is -0.938. The molecule has 110 valence electrons. The lowest BCUT2D eigenvalue weighted by atomic mass is 10.1. The second-order valence-electron chi connectivity index (χ2n) is 4.77. The van der Waals surface area contributed by atoms with Crippen molar-refractivity contribution >= 4 is 17.6 Å². The van der Waals surface area contributed by atoms with Crippen LogP contribution >= 0.6 is 11.6 Å². The number of hydrogen-bond acceptors (Lipinski definition) is 4. The molecule has 0 fully saturated rings. The largest absolute Gasteiger partial charge is 0.496 e. The Balaban J connectivity index is 2.09. The summed E-state index contributed by atoms with van der Waals surface area (Å²) in [5.74, 6) is 0.256. The van der Waals surface area contributed by atoms with E-state index in [1.807, 2.05) is 0 Å². The number of fused-ring (bicyclic) bond motifs is 1. The molecule has 1 aromatic carbocycles. The van der Waals surface area contributed by atoms with E-state index in [2.05, 4.69) is 15.3 Å². The van der Waals surface area contributed by atoms with Gasteiger partial charge in [-0.25, -0.2) is 4.98 Å². The van der Waals surface area contributed by atoms with Gasteiger partial charge in [0, 0.05) is 23.7 Å². The Morgan fingerprint density at radius 1 is 1.52 bits per heavy atom. The van der Waals surface area contributed by atoms with Crippen LogP contribution in [0.5, 0.6) is 5.75 Å². The molecule has 0 radical (unpaired) electrons. The minimum absolute atomic E-state index is 0.519. The molecule has 1 aliphatic rings. The van der Waals surface area contributed by atoms with E-state index in [1.165, 1.54) is 0 Å². The van der Waals surface area contributed by atoms with Gasteiger partial charge in [-0.15, -0.1) is 0 Å². The molecule has 0 aliphatic carbocycles. The number of carboxylic acids is 1. The molecular weight excluding hydrogens is 294 g/mol. The number of carboxylic acid groups (broad SMARTS) is 1. The first-order valence-corrected chi connectivity index (χ1v) is 6.87. The fraction of sp³-hybridized carbons (Fsp3) is 0.286. The molecule has 3 N–H and O–H groups in total. The van der Waals surface area contributed by atoms with Crippen molar-refractivity contribution in [3.63, 3.8) is 0 Å². The molecule has 0 spiro atoms. The highest BCUT2D eigenvalue weighted by molar-refractivity contribution is 6.30. The molecule has 6 nitrogen and oxygen atoms in total. The number of carbonyl (C=O) groups is 1. The third-order valence-corrected chi connectivity index (χ3v) is 3.71. The van der Waals surface area contributed by atoms with Crippen LogP contribution in [0.2, 0.25) is 5.02 Å². The van der Waals surface area contributed by atoms with Gasteiger partial charge in [0.1, 0.15) is 11.6 Å². The van der Waals surface area contributed by atoms with Crippen molar-refractivity contribution in [2.45, 2.75) is 12.5 Å². The molecule has 7 heteroatoms. The number of hydrogen-bond donors (Lipinski definition) is 3. The van der Waals surface area contributed by atoms with E-state index < -0.39 is 12.0 Å². The zero-order chi connectivity index (χ0) is 15.0. The van der Waals surface area contributed by atoms with E-state index in [9.17, 15) is 9.90 Å². The predicted molar refractivity (Wildman–Crippen MR) is 77.7 cm³/mol. The molecule has 0 amide bonds. The van der Waals surface area contributed by atoms with Crippen molar-refractivity contribution in [2.24, 2.45) is 0 Å². The Hall–Kier alpha value is -2.05. The highest BCUT2D eigenvalue weighted by Crippen LogP contribution is 2.33. The number of aromatic amines is 1. The number of rotatable bonds is 3. The molecule has 0 saturated carbocycles. The number of imidazole rings is 1. The Labute approximate surface area is 126 Å². The number of methoxy groups -OCH3 is 1. The van der Waals surface area contributed by atoms with Gasteiger partial charge in [0.2, 0.25) is 0 Å². The maximum absolute atomic E-state index is 11.3. The Morgan fingerprint density at radius 2 is 2.33 bits per heavy atom. The van der Waals surface area contributed by atoms with Gasteiger partial charge >= 0.3 is 5.97 Å². The number of H-pyrrole nitrogens is 1. The van der Waals surface area contributed by atoms with E-state index in [4.69, 9.17) is 16.3 Å². The molecule has 2 heterocycles. The van der Waals surface area contributed by atoms with E-state index in [1.54, 1.807) is 25.3 Å². The zero-order valence-electron chi connectivity index (χ0n) is 11.3. The number of nitrogens with one attached hydrogen (secondary N) is 2. The highest BCUT2D eigenvalue weighted by atomic mass is 35.5. The van der Waals surface area contributed by atoms with Crippen molar-refractivity contribution in [1.29, 1.82) is 0 Å². The van der Waals surface area contributed by atoms with Gasteiger partial charge in [0.15, 0.2) is 6.04 Å². The number of nitrogens with zero attached hydrogens (tertiary/aromatic N) is 1. The maximum Gasteiger partial charge on any atom is 0.327 e. The second kappa shape index (κ2) is 5.38. The summed E-state index contributed by atoms with van der Waals surface area (Å²) in [6.07, 6.45) is 0.703. The summed E-state index contributed by atoms with van der Waals surface area (Å²) >= 11 is 6.03. The molecule has 21 heavy (non-hydrogen) atoms. The van der Waals surface area contributed by atoms with E-state index >= 15 is 0 Å². The summed E-state index contributed by atoms with van der Waals surface area (Å²) in [7, 11) is 1.57. The lowest BCUT2D eigenvalue weighted by Gasteiger charge is -2.18. The van der Waals surface area contributed by atoms with Crippen molar-refractivity contribution in [3.05, 3.63) is 34.6 Å². The van der Waals surface area contributed by atoms with Crippen molar-refractivity contribution in [3.8, 4) is 17.1 Å². The summed E-state index contributed by atoms with van der Waals surface area (Å²) in [4.78, 5) is 18.9. The van der Waals surface area contributed by atoms with Crippen molar-refractivity contribution in [2.75, 3.05) is 13.7 Å². The fourth-order valence-corrected chi connectivity index (χ4v) is 2.66. The summed E-state index contributed by atoms with van der Waals surface area (Å²) in [6.45, 7) is 0.596. The van der Waals surface area contributed by atoms with E-state index in [0.29, 0.717) is 40.8 Å². The number of halogens is 1. The highest BCUT2D eigenvalue weighted by Gasteiger charge is 2.30. The van der Waals surface area contributed by atoms with Crippen LogP contribution in [0.15, 0.2) is 18.2 Å². The topological polar surface area (TPSA) is 87.2 Å². The number of ether oxygens (including phenoxy) is 1. The SMILES string of the molecule is COc1ccc(Cl)cc1-c1nc2c([nH]1)CCNC2C(=O)O. The summed E-state index contributed by atoms with van der Waals surface area (Å²) < 4.78 is 5.31. The van der Waals surface area contributed by atoms with E-state index in [0.717, 1.165) is 5.69 Å².